The van der Waals surface area contributed by atoms with Crippen LogP contribution in [0.1, 0.15) is 44.8 Å². The topological polar surface area (TPSA) is 43.7 Å². The van der Waals surface area contributed by atoms with Crippen LogP contribution in [0.25, 0.3) is 0 Å². The average Bonchev–Trinajstić information content (AvgIpc) is 2.34. The minimum Gasteiger partial charge on any atom is -0.508 e. The van der Waals surface area contributed by atoms with Gasteiger partial charge in [-0.25, -0.2) is 0 Å². The molecular formula is C15H23NO2. The number of β-amino-alcohol motifs (C(OH)–C–C–N with tert-alkyl or cyclic N) is 1. The van der Waals surface area contributed by atoms with Gasteiger partial charge in [-0.3, -0.25) is 4.90 Å². The lowest BCUT2D eigenvalue weighted by Gasteiger charge is -2.40. The van der Waals surface area contributed by atoms with Gasteiger partial charge >= 0.3 is 0 Å². The average molecular weight is 249 g/mol. The predicted molar refractivity (Wildman–Crippen MR) is 72.5 cm³/mol. The highest BCUT2D eigenvalue weighted by Gasteiger charge is 2.26. The first-order valence-electron chi connectivity index (χ1n) is 6.80. The van der Waals surface area contributed by atoms with Crippen LogP contribution < -0.4 is 0 Å². The van der Waals surface area contributed by atoms with Gasteiger partial charge in [0.2, 0.25) is 0 Å². The molecule has 3 nitrogen and oxygen atoms in total. The molecule has 0 aliphatic carbocycles. The Hall–Kier alpha value is -1.06. The van der Waals surface area contributed by atoms with Crippen LogP contribution in [-0.4, -0.2) is 33.7 Å². The van der Waals surface area contributed by atoms with Crippen molar-refractivity contribution in [3.8, 4) is 5.75 Å². The summed E-state index contributed by atoms with van der Waals surface area (Å²) in [5.74, 6) is 0.241. The van der Waals surface area contributed by atoms with E-state index in [2.05, 4.69) is 18.7 Å². The molecule has 18 heavy (non-hydrogen) atoms. The maximum atomic E-state index is 10.3. The lowest BCUT2D eigenvalue weighted by atomic mass is 9.96. The van der Waals surface area contributed by atoms with Crippen LogP contribution in [0.4, 0.5) is 0 Å². The van der Waals surface area contributed by atoms with E-state index >= 15 is 0 Å². The Morgan fingerprint density at radius 2 is 1.72 bits per heavy atom. The molecule has 100 valence electrons. The first-order chi connectivity index (χ1) is 8.58. The fourth-order valence-corrected chi connectivity index (χ4v) is 2.84. The van der Waals surface area contributed by atoms with Crippen molar-refractivity contribution in [2.24, 2.45) is 0 Å². The maximum absolute atomic E-state index is 10.3. The zero-order valence-electron chi connectivity index (χ0n) is 11.2. The minimum atomic E-state index is -0.478. The molecule has 0 radical (unpaired) electrons. The standard InChI is InChI=1S/C15H23NO2/c1-11-4-3-5-12(2)16(11)10-15(18)13-6-8-14(17)9-7-13/h6-9,11-12,15,17-18H,3-5,10H2,1-2H3. The van der Waals surface area contributed by atoms with Crippen LogP contribution in [-0.2, 0) is 0 Å². The summed E-state index contributed by atoms with van der Waals surface area (Å²) in [6.07, 6.45) is 3.24. The number of hydrogen-bond acceptors (Lipinski definition) is 3. The van der Waals surface area contributed by atoms with Gasteiger partial charge in [0.1, 0.15) is 5.75 Å². The van der Waals surface area contributed by atoms with Gasteiger partial charge < -0.3 is 10.2 Å². The summed E-state index contributed by atoms with van der Waals surface area (Å²) >= 11 is 0. The fraction of sp³-hybridized carbons (Fsp3) is 0.600. The van der Waals surface area contributed by atoms with Gasteiger partial charge in [0.05, 0.1) is 6.10 Å². The molecule has 2 N–H and O–H groups in total. The van der Waals surface area contributed by atoms with Crippen LogP contribution in [0.5, 0.6) is 5.75 Å². The second-order valence-electron chi connectivity index (χ2n) is 5.43. The lowest BCUT2D eigenvalue weighted by Crippen LogP contribution is -2.45. The number of phenols is 1. The van der Waals surface area contributed by atoms with Crippen LogP contribution in [0.3, 0.4) is 0 Å². The molecule has 1 heterocycles. The molecule has 0 saturated carbocycles. The van der Waals surface area contributed by atoms with Gasteiger partial charge in [0.25, 0.3) is 0 Å². The highest BCUT2D eigenvalue weighted by Crippen LogP contribution is 2.26. The van der Waals surface area contributed by atoms with Gasteiger partial charge in [0.15, 0.2) is 0 Å². The third-order valence-corrected chi connectivity index (χ3v) is 4.04. The van der Waals surface area contributed by atoms with Crippen molar-refractivity contribution >= 4 is 0 Å². The largest absolute Gasteiger partial charge is 0.508 e. The fourth-order valence-electron chi connectivity index (χ4n) is 2.84. The Kier molecular flexibility index (Phi) is 4.25. The van der Waals surface area contributed by atoms with E-state index < -0.39 is 6.10 Å². The van der Waals surface area contributed by atoms with E-state index in [9.17, 15) is 10.2 Å². The molecule has 3 unspecified atom stereocenters. The molecule has 1 aromatic rings. The van der Waals surface area contributed by atoms with E-state index in [-0.39, 0.29) is 5.75 Å². The molecule has 3 heteroatoms. The van der Waals surface area contributed by atoms with Crippen LogP contribution >= 0.6 is 0 Å². The smallest absolute Gasteiger partial charge is 0.115 e. The monoisotopic (exact) mass is 249 g/mol. The van der Waals surface area contributed by atoms with E-state index in [0.29, 0.717) is 18.6 Å². The van der Waals surface area contributed by atoms with Crippen molar-refractivity contribution in [3.63, 3.8) is 0 Å². The maximum Gasteiger partial charge on any atom is 0.115 e. The Morgan fingerprint density at radius 1 is 1.17 bits per heavy atom. The first-order valence-corrected chi connectivity index (χ1v) is 6.80. The quantitative estimate of drug-likeness (QED) is 0.865. The first kappa shape index (κ1) is 13.4. The summed E-state index contributed by atoms with van der Waals surface area (Å²) in [7, 11) is 0. The number of phenolic OH excluding ortho intramolecular Hbond substituents is 1. The lowest BCUT2D eigenvalue weighted by molar-refractivity contribution is 0.0411. The van der Waals surface area contributed by atoms with Gasteiger partial charge in [-0.15, -0.1) is 0 Å². The number of likely N-dealkylation sites (tertiary alicyclic amines) is 1. The summed E-state index contributed by atoms with van der Waals surface area (Å²) in [5, 5.41) is 19.5. The summed E-state index contributed by atoms with van der Waals surface area (Å²) in [5.41, 5.74) is 0.873. The molecule has 1 aliphatic rings. The summed E-state index contributed by atoms with van der Waals surface area (Å²) in [6, 6.07) is 7.92. The SMILES string of the molecule is CC1CCCC(C)N1CC(O)c1ccc(O)cc1. The van der Waals surface area contributed by atoms with E-state index in [1.54, 1.807) is 24.3 Å². The van der Waals surface area contributed by atoms with Crippen molar-refractivity contribution in [2.75, 3.05) is 6.54 Å². The number of aliphatic hydroxyl groups is 1. The van der Waals surface area contributed by atoms with Crippen LogP contribution in [0.2, 0.25) is 0 Å². The summed E-state index contributed by atoms with van der Waals surface area (Å²) < 4.78 is 0. The van der Waals surface area contributed by atoms with Gasteiger partial charge in [-0.2, -0.15) is 0 Å². The zero-order chi connectivity index (χ0) is 13.1. The second kappa shape index (κ2) is 5.72. The van der Waals surface area contributed by atoms with Crippen molar-refractivity contribution in [1.29, 1.82) is 0 Å². The Bertz CT molecular complexity index is 367. The van der Waals surface area contributed by atoms with Crippen molar-refractivity contribution in [3.05, 3.63) is 29.8 Å². The molecule has 0 bridgehead atoms. The Morgan fingerprint density at radius 3 is 2.28 bits per heavy atom. The van der Waals surface area contributed by atoms with E-state index in [4.69, 9.17) is 0 Å². The number of benzene rings is 1. The number of piperidine rings is 1. The Labute approximate surface area is 109 Å². The predicted octanol–water partition coefficient (Wildman–Crippen LogP) is 2.69. The number of aliphatic hydroxyl groups excluding tert-OH is 1. The number of hydrogen-bond donors (Lipinski definition) is 2. The van der Waals surface area contributed by atoms with Crippen LogP contribution in [0.15, 0.2) is 24.3 Å². The van der Waals surface area contributed by atoms with Crippen molar-refractivity contribution < 1.29 is 10.2 Å². The van der Waals surface area contributed by atoms with Gasteiger partial charge in [-0.1, -0.05) is 18.6 Å². The molecule has 0 amide bonds. The highest BCUT2D eigenvalue weighted by atomic mass is 16.3. The molecule has 3 atom stereocenters. The summed E-state index contributed by atoms with van der Waals surface area (Å²) in [6.45, 7) is 5.14. The van der Waals surface area contributed by atoms with E-state index in [1.165, 1.54) is 19.3 Å². The van der Waals surface area contributed by atoms with Gasteiger partial charge in [-0.05, 0) is 44.4 Å². The molecule has 1 fully saturated rings. The van der Waals surface area contributed by atoms with Crippen molar-refractivity contribution in [2.45, 2.75) is 51.3 Å². The van der Waals surface area contributed by atoms with E-state index in [1.807, 2.05) is 0 Å². The van der Waals surface area contributed by atoms with Gasteiger partial charge in [0, 0.05) is 18.6 Å². The minimum absolute atomic E-state index is 0.241. The molecular weight excluding hydrogens is 226 g/mol. The molecule has 0 spiro atoms. The molecule has 1 saturated heterocycles. The highest BCUT2D eigenvalue weighted by molar-refractivity contribution is 5.27. The zero-order valence-corrected chi connectivity index (χ0v) is 11.2. The Balaban J connectivity index is 2.01. The third kappa shape index (κ3) is 3.03. The number of aromatic hydroxyl groups is 1. The molecule has 1 aromatic carbocycles. The van der Waals surface area contributed by atoms with Crippen molar-refractivity contribution in [1.82, 2.24) is 4.90 Å². The number of rotatable bonds is 3. The molecule has 0 aromatic heterocycles. The number of nitrogens with zero attached hydrogens (tertiary/aromatic N) is 1. The second-order valence-corrected chi connectivity index (χ2v) is 5.43. The van der Waals surface area contributed by atoms with E-state index in [0.717, 1.165) is 5.56 Å². The molecule has 2 rings (SSSR count). The summed E-state index contributed by atoms with van der Waals surface area (Å²) in [4.78, 5) is 2.39. The van der Waals surface area contributed by atoms with Crippen LogP contribution in [0, 0.1) is 0 Å². The normalized spacial score (nSPS) is 27.1. The molecule has 1 aliphatic heterocycles. The third-order valence-electron chi connectivity index (χ3n) is 4.04.